The zero-order valence-electron chi connectivity index (χ0n) is 10.5. The zero-order valence-corrected chi connectivity index (χ0v) is 11.3. The summed E-state index contributed by atoms with van der Waals surface area (Å²) in [5, 5.41) is 16.4. The van der Waals surface area contributed by atoms with E-state index in [1.54, 1.807) is 0 Å². The van der Waals surface area contributed by atoms with Crippen LogP contribution < -0.4 is 5.32 Å². The Morgan fingerprint density at radius 2 is 2.26 bits per heavy atom. The van der Waals surface area contributed by atoms with Crippen molar-refractivity contribution >= 4 is 17.7 Å². The summed E-state index contributed by atoms with van der Waals surface area (Å²) in [5.41, 5.74) is 0. The molecule has 0 saturated heterocycles. The monoisotopic (exact) mass is 281 g/mol. The van der Waals surface area contributed by atoms with Gasteiger partial charge in [0.15, 0.2) is 5.16 Å². The van der Waals surface area contributed by atoms with Gasteiger partial charge in [-0.25, -0.2) is 4.98 Å². The van der Waals surface area contributed by atoms with E-state index in [0.717, 1.165) is 12.3 Å². The van der Waals surface area contributed by atoms with Crippen LogP contribution in [0.15, 0.2) is 17.8 Å². The van der Waals surface area contributed by atoms with Crippen molar-refractivity contribution < 1.29 is 5.11 Å². The second-order valence-corrected chi connectivity index (χ2v) is 4.60. The molecule has 0 unspecified atom stereocenters. The van der Waals surface area contributed by atoms with E-state index in [0.29, 0.717) is 23.5 Å². The first-order valence-corrected chi connectivity index (χ1v) is 6.90. The van der Waals surface area contributed by atoms with Gasteiger partial charge < -0.3 is 10.4 Å². The Morgan fingerprint density at radius 3 is 2.95 bits per heavy atom. The van der Waals surface area contributed by atoms with Crippen molar-refractivity contribution in [2.24, 2.45) is 0 Å². The predicted octanol–water partition coefficient (Wildman–Crippen LogP) is 0.359. The number of hydrogen-bond donors (Lipinski definition) is 2. The normalized spacial score (nSPS) is 10.6. The van der Waals surface area contributed by atoms with Gasteiger partial charge in [-0.05, 0) is 13.3 Å². The first kappa shape index (κ1) is 13.7. The van der Waals surface area contributed by atoms with Crippen LogP contribution in [0.3, 0.4) is 0 Å². The molecule has 9 heteroatoms. The number of thioether (sulfide) groups is 1. The summed E-state index contributed by atoms with van der Waals surface area (Å²) >= 11 is 1.47. The fourth-order valence-corrected chi connectivity index (χ4v) is 2.04. The van der Waals surface area contributed by atoms with Crippen LogP contribution in [0, 0.1) is 0 Å². The van der Waals surface area contributed by atoms with Gasteiger partial charge in [-0.3, -0.25) is 0 Å². The Bertz CT molecular complexity index is 505. The van der Waals surface area contributed by atoms with Gasteiger partial charge >= 0.3 is 0 Å². The minimum atomic E-state index is 0.161. The van der Waals surface area contributed by atoms with E-state index in [1.165, 1.54) is 29.1 Å². The lowest BCUT2D eigenvalue weighted by Crippen LogP contribution is -2.10. The van der Waals surface area contributed by atoms with Crippen molar-refractivity contribution in [1.82, 2.24) is 29.7 Å². The summed E-state index contributed by atoms with van der Waals surface area (Å²) in [6, 6.07) is 0. The molecule has 0 aliphatic rings. The first-order chi connectivity index (χ1) is 9.33. The van der Waals surface area contributed by atoms with Crippen LogP contribution in [0.25, 0.3) is 5.95 Å². The molecule has 0 aliphatic carbocycles. The quantitative estimate of drug-likeness (QED) is 0.554. The van der Waals surface area contributed by atoms with Crippen molar-refractivity contribution in [1.29, 1.82) is 0 Å². The van der Waals surface area contributed by atoms with E-state index >= 15 is 0 Å². The third kappa shape index (κ3) is 3.86. The second-order valence-electron chi connectivity index (χ2n) is 3.54. The number of anilines is 1. The number of aromatic nitrogens is 6. The van der Waals surface area contributed by atoms with Gasteiger partial charge in [0.1, 0.15) is 12.7 Å². The SMILES string of the molecule is CCNc1nc(SCCCO)nc(-n2cncn2)n1. The molecule has 2 aromatic rings. The summed E-state index contributed by atoms with van der Waals surface area (Å²) in [5.74, 6) is 1.69. The molecule has 0 spiro atoms. The van der Waals surface area contributed by atoms with Gasteiger partial charge in [-0.2, -0.15) is 24.7 Å². The van der Waals surface area contributed by atoms with Crippen LogP contribution >= 0.6 is 11.8 Å². The van der Waals surface area contributed by atoms with Gasteiger partial charge in [0.25, 0.3) is 5.95 Å². The Kier molecular flexibility index (Phi) is 5.04. The molecule has 2 heterocycles. The molecule has 0 radical (unpaired) electrons. The summed E-state index contributed by atoms with van der Waals surface area (Å²) in [6.07, 6.45) is 3.66. The van der Waals surface area contributed by atoms with Crippen LogP contribution in [0.5, 0.6) is 0 Å². The highest BCUT2D eigenvalue weighted by molar-refractivity contribution is 7.99. The van der Waals surface area contributed by atoms with Crippen molar-refractivity contribution in [2.45, 2.75) is 18.5 Å². The maximum atomic E-state index is 8.79. The summed E-state index contributed by atoms with van der Waals surface area (Å²) in [6.45, 7) is 2.85. The topological polar surface area (TPSA) is 102 Å². The fourth-order valence-electron chi connectivity index (χ4n) is 1.29. The average molecular weight is 281 g/mol. The van der Waals surface area contributed by atoms with Crippen molar-refractivity contribution in [3.63, 3.8) is 0 Å². The second kappa shape index (κ2) is 7.00. The minimum absolute atomic E-state index is 0.161. The third-order valence-corrected chi connectivity index (χ3v) is 3.03. The highest BCUT2D eigenvalue weighted by Crippen LogP contribution is 2.16. The van der Waals surface area contributed by atoms with E-state index < -0.39 is 0 Å². The lowest BCUT2D eigenvalue weighted by Gasteiger charge is -2.06. The number of nitrogens with one attached hydrogen (secondary N) is 1. The van der Waals surface area contributed by atoms with Crippen molar-refractivity contribution in [3.05, 3.63) is 12.7 Å². The van der Waals surface area contributed by atoms with Gasteiger partial charge in [0, 0.05) is 18.9 Å². The third-order valence-electron chi connectivity index (χ3n) is 2.10. The van der Waals surface area contributed by atoms with Crippen LogP contribution in [0.4, 0.5) is 5.95 Å². The van der Waals surface area contributed by atoms with E-state index in [1.807, 2.05) is 6.92 Å². The lowest BCUT2D eigenvalue weighted by atomic mass is 10.5. The van der Waals surface area contributed by atoms with Crippen LogP contribution in [-0.4, -0.2) is 53.7 Å². The summed E-state index contributed by atoms with van der Waals surface area (Å²) in [4.78, 5) is 16.7. The smallest absolute Gasteiger partial charge is 0.257 e. The van der Waals surface area contributed by atoms with Crippen LogP contribution in [0.1, 0.15) is 13.3 Å². The molecule has 0 bridgehead atoms. The van der Waals surface area contributed by atoms with Gasteiger partial charge in [0.05, 0.1) is 0 Å². The number of hydrogen-bond acceptors (Lipinski definition) is 8. The van der Waals surface area contributed by atoms with Crippen LogP contribution in [0.2, 0.25) is 0 Å². The van der Waals surface area contributed by atoms with Gasteiger partial charge in [0.2, 0.25) is 5.95 Å². The fraction of sp³-hybridized carbons (Fsp3) is 0.500. The minimum Gasteiger partial charge on any atom is -0.396 e. The maximum Gasteiger partial charge on any atom is 0.257 e. The molecule has 0 atom stereocenters. The molecule has 2 aromatic heterocycles. The molecule has 2 rings (SSSR count). The molecule has 102 valence electrons. The van der Waals surface area contributed by atoms with Gasteiger partial charge in [-0.1, -0.05) is 11.8 Å². The highest BCUT2D eigenvalue weighted by atomic mass is 32.2. The Morgan fingerprint density at radius 1 is 1.37 bits per heavy atom. The number of rotatable bonds is 7. The number of aliphatic hydroxyl groups excluding tert-OH is 1. The molecule has 0 aromatic carbocycles. The van der Waals surface area contributed by atoms with E-state index in [9.17, 15) is 0 Å². The summed E-state index contributed by atoms with van der Waals surface area (Å²) < 4.78 is 1.48. The molecule has 0 aliphatic heterocycles. The lowest BCUT2D eigenvalue weighted by molar-refractivity contribution is 0.296. The zero-order chi connectivity index (χ0) is 13.5. The molecule has 0 fully saturated rings. The molecule has 0 saturated carbocycles. The molecular formula is C10H15N7OS. The molecule has 0 amide bonds. The highest BCUT2D eigenvalue weighted by Gasteiger charge is 2.08. The van der Waals surface area contributed by atoms with E-state index in [4.69, 9.17) is 5.11 Å². The molecular weight excluding hydrogens is 266 g/mol. The standard InChI is InChI=1S/C10H15N7OS/c1-2-12-8-14-9(17-7-11-6-13-17)16-10(15-8)19-5-3-4-18/h6-7,18H,2-5H2,1H3,(H,12,14,15,16). The van der Waals surface area contributed by atoms with E-state index in [2.05, 4.69) is 30.4 Å². The Labute approximate surface area is 114 Å². The first-order valence-electron chi connectivity index (χ1n) is 5.92. The number of nitrogens with zero attached hydrogens (tertiary/aromatic N) is 6. The Hall–Kier alpha value is -1.74. The number of aliphatic hydroxyl groups is 1. The van der Waals surface area contributed by atoms with Crippen molar-refractivity contribution in [3.8, 4) is 5.95 Å². The summed E-state index contributed by atoms with van der Waals surface area (Å²) in [7, 11) is 0. The molecule has 8 nitrogen and oxygen atoms in total. The molecule has 2 N–H and O–H groups in total. The average Bonchev–Trinajstić information content (AvgIpc) is 2.93. The maximum absolute atomic E-state index is 8.79. The largest absolute Gasteiger partial charge is 0.396 e. The molecule has 19 heavy (non-hydrogen) atoms. The predicted molar refractivity (Wildman–Crippen MR) is 71.3 cm³/mol. The Balaban J connectivity index is 2.22. The van der Waals surface area contributed by atoms with Crippen LogP contribution in [-0.2, 0) is 0 Å². The van der Waals surface area contributed by atoms with E-state index in [-0.39, 0.29) is 6.61 Å². The van der Waals surface area contributed by atoms with Crippen molar-refractivity contribution in [2.75, 3.05) is 24.2 Å². The van der Waals surface area contributed by atoms with Gasteiger partial charge in [-0.15, -0.1) is 0 Å².